The fraction of sp³-hybridized carbons (Fsp3) is 0.667. The van der Waals surface area contributed by atoms with Gasteiger partial charge in [0.05, 0.1) is 5.51 Å². The van der Waals surface area contributed by atoms with E-state index >= 15 is 0 Å². The van der Waals surface area contributed by atoms with Gasteiger partial charge in [-0.2, -0.15) is 4.31 Å². The van der Waals surface area contributed by atoms with Crippen molar-refractivity contribution in [2.75, 3.05) is 6.54 Å². The van der Waals surface area contributed by atoms with E-state index < -0.39 is 16.0 Å². The molecule has 1 aromatic rings. The first-order valence-corrected chi connectivity index (χ1v) is 8.86. The van der Waals surface area contributed by atoms with E-state index in [0.29, 0.717) is 13.0 Å². The lowest BCUT2D eigenvalue weighted by Crippen LogP contribution is -2.39. The van der Waals surface area contributed by atoms with Gasteiger partial charge in [-0.25, -0.2) is 18.2 Å². The van der Waals surface area contributed by atoms with Gasteiger partial charge in [-0.1, -0.05) is 20.3 Å². The van der Waals surface area contributed by atoms with Gasteiger partial charge in [0.15, 0.2) is 9.90 Å². The van der Waals surface area contributed by atoms with Crippen molar-refractivity contribution in [3.63, 3.8) is 0 Å². The van der Waals surface area contributed by atoms with Crippen molar-refractivity contribution in [2.45, 2.75) is 50.3 Å². The second-order valence-electron chi connectivity index (χ2n) is 4.52. The van der Waals surface area contributed by atoms with Gasteiger partial charge in [0.2, 0.25) is 0 Å². The van der Waals surface area contributed by atoms with Crippen LogP contribution in [0.1, 0.15) is 50.5 Å². The van der Waals surface area contributed by atoms with Gasteiger partial charge in [-0.15, -0.1) is 11.3 Å². The number of thiazole rings is 1. The first-order valence-electron chi connectivity index (χ1n) is 6.54. The average Bonchev–Trinajstić information content (AvgIpc) is 2.88. The van der Waals surface area contributed by atoms with E-state index in [1.54, 1.807) is 0 Å². The summed E-state index contributed by atoms with van der Waals surface area (Å²) in [5, 5.41) is 9.03. The molecule has 0 saturated carbocycles. The summed E-state index contributed by atoms with van der Waals surface area (Å²) in [5.74, 6) is -1.32. The van der Waals surface area contributed by atoms with E-state index in [9.17, 15) is 13.2 Å². The van der Waals surface area contributed by atoms with Crippen LogP contribution in [0.15, 0.2) is 9.72 Å². The molecule has 0 aliphatic carbocycles. The zero-order valence-electron chi connectivity index (χ0n) is 11.9. The van der Waals surface area contributed by atoms with Crippen LogP contribution in [0.3, 0.4) is 0 Å². The summed E-state index contributed by atoms with van der Waals surface area (Å²) in [5.41, 5.74) is 0.866. The van der Waals surface area contributed by atoms with Crippen molar-refractivity contribution >= 4 is 27.3 Å². The van der Waals surface area contributed by atoms with Crippen molar-refractivity contribution < 1.29 is 18.3 Å². The molecule has 0 saturated heterocycles. The Labute approximate surface area is 123 Å². The average molecular weight is 320 g/mol. The molecule has 1 N–H and O–H groups in total. The van der Waals surface area contributed by atoms with Crippen LogP contribution in [0.25, 0.3) is 0 Å². The van der Waals surface area contributed by atoms with Crippen LogP contribution < -0.4 is 0 Å². The summed E-state index contributed by atoms with van der Waals surface area (Å²) in [6.45, 7) is 6.11. The number of carboxylic acid groups (broad SMARTS) is 1. The van der Waals surface area contributed by atoms with Gasteiger partial charge in [0.25, 0.3) is 10.0 Å². The van der Waals surface area contributed by atoms with E-state index in [-0.39, 0.29) is 15.9 Å². The highest BCUT2D eigenvalue weighted by atomic mass is 32.2. The zero-order valence-corrected chi connectivity index (χ0v) is 13.5. The molecule has 0 spiro atoms. The molecule has 1 heterocycles. The number of aromatic nitrogens is 1. The van der Waals surface area contributed by atoms with E-state index in [4.69, 9.17) is 5.11 Å². The summed E-state index contributed by atoms with van der Waals surface area (Å²) in [6.07, 6.45) is 2.28. The number of hydrogen-bond acceptors (Lipinski definition) is 5. The standard InChI is InChI=1S/C12H20N2O4S2/c1-4-6-7-14(9(3)5-2)20(17,18)12-10(11(15)16)13-8-19-12/h8-9H,4-7H2,1-3H3,(H,15,16). The summed E-state index contributed by atoms with van der Waals surface area (Å²) in [4.78, 5) is 14.7. The molecule has 0 fully saturated rings. The highest BCUT2D eigenvalue weighted by molar-refractivity contribution is 7.91. The van der Waals surface area contributed by atoms with Crippen LogP contribution in [-0.4, -0.2) is 41.4 Å². The molecule has 114 valence electrons. The maximum atomic E-state index is 12.7. The molecule has 1 aromatic heterocycles. The highest BCUT2D eigenvalue weighted by Crippen LogP contribution is 2.26. The predicted molar refractivity (Wildman–Crippen MR) is 77.6 cm³/mol. The molecule has 0 aromatic carbocycles. The summed E-state index contributed by atoms with van der Waals surface area (Å²) < 4.78 is 26.5. The molecule has 20 heavy (non-hydrogen) atoms. The lowest BCUT2D eigenvalue weighted by atomic mass is 10.2. The number of aromatic carboxylic acids is 1. The predicted octanol–water partition coefficient (Wildman–Crippen LogP) is 2.43. The molecule has 6 nitrogen and oxygen atoms in total. The van der Waals surface area contributed by atoms with Crippen LogP contribution in [0.2, 0.25) is 0 Å². The molecule has 1 atom stereocenters. The quantitative estimate of drug-likeness (QED) is 0.795. The highest BCUT2D eigenvalue weighted by Gasteiger charge is 2.33. The minimum absolute atomic E-state index is 0.171. The van der Waals surface area contributed by atoms with Crippen molar-refractivity contribution in [1.82, 2.24) is 9.29 Å². The van der Waals surface area contributed by atoms with E-state index in [2.05, 4.69) is 4.98 Å². The summed E-state index contributed by atoms with van der Waals surface area (Å²) >= 11 is 0.853. The van der Waals surface area contributed by atoms with Crippen LogP contribution in [-0.2, 0) is 10.0 Å². The Morgan fingerprint density at radius 1 is 1.50 bits per heavy atom. The first-order chi connectivity index (χ1) is 9.36. The molecule has 1 rings (SSSR count). The second kappa shape index (κ2) is 7.14. The lowest BCUT2D eigenvalue weighted by molar-refractivity contribution is 0.0687. The van der Waals surface area contributed by atoms with Crippen molar-refractivity contribution in [2.24, 2.45) is 0 Å². The number of nitrogens with zero attached hydrogens (tertiary/aromatic N) is 2. The third-order valence-electron chi connectivity index (χ3n) is 3.09. The van der Waals surface area contributed by atoms with Crippen molar-refractivity contribution in [3.05, 3.63) is 11.2 Å². The van der Waals surface area contributed by atoms with E-state index in [0.717, 1.165) is 24.2 Å². The Balaban J connectivity index is 3.21. The van der Waals surface area contributed by atoms with E-state index in [1.165, 1.54) is 9.82 Å². The van der Waals surface area contributed by atoms with Gasteiger partial charge in [0.1, 0.15) is 0 Å². The Bertz CT molecular complexity index is 554. The molecule has 0 radical (unpaired) electrons. The molecular formula is C12H20N2O4S2. The molecular weight excluding hydrogens is 300 g/mol. The van der Waals surface area contributed by atoms with Crippen molar-refractivity contribution in [1.29, 1.82) is 0 Å². The number of carboxylic acids is 1. The Morgan fingerprint density at radius 2 is 2.15 bits per heavy atom. The van der Waals surface area contributed by atoms with E-state index in [1.807, 2.05) is 20.8 Å². The number of rotatable bonds is 8. The minimum atomic E-state index is -3.81. The summed E-state index contributed by atoms with van der Waals surface area (Å²) in [6, 6.07) is -0.171. The van der Waals surface area contributed by atoms with Crippen molar-refractivity contribution in [3.8, 4) is 0 Å². The monoisotopic (exact) mass is 320 g/mol. The summed E-state index contributed by atoms with van der Waals surface area (Å²) in [7, 11) is -3.81. The Kier molecular flexibility index (Phi) is 6.09. The SMILES string of the molecule is CCCCN(C(C)CC)S(=O)(=O)c1scnc1C(=O)O. The lowest BCUT2D eigenvalue weighted by Gasteiger charge is -2.27. The smallest absolute Gasteiger partial charge is 0.356 e. The first kappa shape index (κ1) is 17.1. The third-order valence-corrected chi connectivity index (χ3v) is 6.46. The fourth-order valence-electron chi connectivity index (χ4n) is 1.76. The maximum absolute atomic E-state index is 12.7. The molecule has 0 aliphatic heterocycles. The van der Waals surface area contributed by atoms with Crippen LogP contribution in [0.5, 0.6) is 0 Å². The minimum Gasteiger partial charge on any atom is -0.476 e. The molecule has 0 aliphatic rings. The second-order valence-corrected chi connectivity index (χ2v) is 7.46. The van der Waals surface area contributed by atoms with Gasteiger partial charge in [-0.3, -0.25) is 0 Å². The fourth-order valence-corrected chi connectivity index (χ4v) is 4.76. The number of hydrogen-bond donors (Lipinski definition) is 1. The largest absolute Gasteiger partial charge is 0.476 e. The maximum Gasteiger partial charge on any atom is 0.356 e. The van der Waals surface area contributed by atoms with Gasteiger partial charge >= 0.3 is 5.97 Å². The van der Waals surface area contributed by atoms with Crippen LogP contribution in [0, 0.1) is 0 Å². The molecule has 8 heteroatoms. The molecule has 0 amide bonds. The topological polar surface area (TPSA) is 87.6 Å². The van der Waals surface area contributed by atoms with Crippen LogP contribution in [0.4, 0.5) is 0 Å². The number of sulfonamides is 1. The van der Waals surface area contributed by atoms with Gasteiger partial charge in [-0.05, 0) is 19.8 Å². The number of unbranched alkanes of at least 4 members (excludes halogenated alkanes) is 1. The zero-order chi connectivity index (χ0) is 15.3. The Hall–Kier alpha value is -0.990. The molecule has 0 bridgehead atoms. The van der Waals surface area contributed by atoms with Gasteiger partial charge < -0.3 is 5.11 Å². The number of carbonyl (C=O) groups is 1. The van der Waals surface area contributed by atoms with Crippen LogP contribution >= 0.6 is 11.3 Å². The molecule has 1 unspecified atom stereocenters. The third kappa shape index (κ3) is 3.56. The Morgan fingerprint density at radius 3 is 2.65 bits per heavy atom. The van der Waals surface area contributed by atoms with Gasteiger partial charge in [0, 0.05) is 12.6 Å². The normalized spacial score (nSPS) is 13.6.